The van der Waals surface area contributed by atoms with Gasteiger partial charge in [-0.15, -0.1) is 0 Å². The van der Waals surface area contributed by atoms with Crippen molar-refractivity contribution in [3.63, 3.8) is 0 Å². The van der Waals surface area contributed by atoms with Gasteiger partial charge in [-0.25, -0.2) is 4.79 Å². The number of nitrogens with zero attached hydrogens (tertiary/aromatic N) is 5. The van der Waals surface area contributed by atoms with Crippen LogP contribution in [0.1, 0.15) is 56.3 Å². The molecule has 1 aromatic heterocycles. The number of amides is 2. The zero-order chi connectivity index (χ0) is 16.0. The van der Waals surface area contributed by atoms with Gasteiger partial charge in [-0.05, 0) is 32.6 Å². The van der Waals surface area contributed by atoms with Gasteiger partial charge in [0.15, 0.2) is 5.82 Å². The van der Waals surface area contributed by atoms with Crippen molar-refractivity contribution in [2.75, 3.05) is 33.2 Å². The summed E-state index contributed by atoms with van der Waals surface area (Å²) in [5.74, 6) is 2.15. The third-order valence-corrected chi connectivity index (χ3v) is 5.49. The average Bonchev–Trinajstić information content (AvgIpc) is 3.22. The summed E-state index contributed by atoms with van der Waals surface area (Å²) in [6, 6.07) is 0.719. The van der Waals surface area contributed by atoms with E-state index in [1.807, 2.05) is 16.8 Å². The maximum absolute atomic E-state index is 12.1. The van der Waals surface area contributed by atoms with Gasteiger partial charge in [0.2, 0.25) is 5.89 Å². The summed E-state index contributed by atoms with van der Waals surface area (Å²) < 4.78 is 5.46. The molecule has 7 heteroatoms. The third kappa shape index (κ3) is 2.82. The van der Waals surface area contributed by atoms with E-state index in [0.29, 0.717) is 12.0 Å². The zero-order valence-electron chi connectivity index (χ0n) is 13.9. The highest BCUT2D eigenvalue weighted by molar-refractivity contribution is 5.76. The summed E-state index contributed by atoms with van der Waals surface area (Å²) in [6.45, 7) is 5.80. The van der Waals surface area contributed by atoms with E-state index >= 15 is 0 Å². The molecular weight excluding hydrogens is 294 g/mol. The molecule has 4 rings (SSSR count). The van der Waals surface area contributed by atoms with E-state index in [4.69, 9.17) is 4.52 Å². The lowest BCUT2D eigenvalue weighted by atomic mass is 10.0. The highest BCUT2D eigenvalue weighted by atomic mass is 16.5. The minimum Gasteiger partial charge on any atom is -0.338 e. The van der Waals surface area contributed by atoms with Crippen molar-refractivity contribution in [2.45, 2.75) is 50.6 Å². The molecule has 2 aliphatic heterocycles. The number of urea groups is 1. The van der Waals surface area contributed by atoms with E-state index in [-0.39, 0.29) is 12.1 Å². The third-order valence-electron chi connectivity index (χ3n) is 5.49. The van der Waals surface area contributed by atoms with Gasteiger partial charge in [-0.1, -0.05) is 5.16 Å². The molecule has 1 saturated carbocycles. The summed E-state index contributed by atoms with van der Waals surface area (Å²) in [4.78, 5) is 22.9. The van der Waals surface area contributed by atoms with Crippen LogP contribution in [0, 0.1) is 0 Å². The molecule has 0 radical (unpaired) electrons. The number of carbonyl (C=O) groups is 1. The molecule has 2 saturated heterocycles. The first-order valence-corrected chi connectivity index (χ1v) is 8.73. The van der Waals surface area contributed by atoms with Crippen molar-refractivity contribution in [1.29, 1.82) is 0 Å². The van der Waals surface area contributed by atoms with Crippen molar-refractivity contribution in [3.05, 3.63) is 11.7 Å². The molecule has 7 nitrogen and oxygen atoms in total. The zero-order valence-corrected chi connectivity index (χ0v) is 13.9. The van der Waals surface area contributed by atoms with E-state index < -0.39 is 0 Å². The maximum atomic E-state index is 12.1. The molecular formula is C16H25N5O2. The van der Waals surface area contributed by atoms with Crippen molar-refractivity contribution < 1.29 is 9.32 Å². The second kappa shape index (κ2) is 5.78. The molecule has 0 bridgehead atoms. The number of hydrogen-bond donors (Lipinski definition) is 0. The van der Waals surface area contributed by atoms with Crippen LogP contribution in [0.15, 0.2) is 4.52 Å². The summed E-state index contributed by atoms with van der Waals surface area (Å²) in [5, 5.41) is 4.12. The molecule has 0 unspecified atom stereocenters. The minimum atomic E-state index is 0.160. The maximum Gasteiger partial charge on any atom is 0.320 e. The molecule has 1 aromatic rings. The molecule has 1 aliphatic carbocycles. The van der Waals surface area contributed by atoms with Gasteiger partial charge in [-0.3, -0.25) is 4.90 Å². The Bertz CT molecular complexity index is 577. The lowest BCUT2D eigenvalue weighted by Gasteiger charge is -2.38. The fraction of sp³-hybridized carbons (Fsp3) is 0.812. The predicted molar refractivity (Wildman–Crippen MR) is 84.0 cm³/mol. The van der Waals surface area contributed by atoms with Gasteiger partial charge in [0.05, 0.1) is 6.04 Å². The van der Waals surface area contributed by atoms with E-state index in [1.165, 1.54) is 12.8 Å². The van der Waals surface area contributed by atoms with Crippen LogP contribution in [0.2, 0.25) is 0 Å². The number of likely N-dealkylation sites (N-methyl/N-ethyl adjacent to an activating group) is 1. The van der Waals surface area contributed by atoms with Crippen LogP contribution >= 0.6 is 0 Å². The molecule has 3 fully saturated rings. The van der Waals surface area contributed by atoms with Gasteiger partial charge in [0.1, 0.15) is 0 Å². The first kappa shape index (κ1) is 14.9. The average molecular weight is 319 g/mol. The number of likely N-dealkylation sites (tertiary alicyclic amines) is 1. The van der Waals surface area contributed by atoms with Gasteiger partial charge < -0.3 is 14.3 Å². The molecule has 0 aromatic carbocycles. The summed E-state index contributed by atoms with van der Waals surface area (Å²) in [5.41, 5.74) is 0. The lowest BCUT2D eigenvalue weighted by Crippen LogP contribution is -2.46. The largest absolute Gasteiger partial charge is 0.338 e. The van der Waals surface area contributed by atoms with Gasteiger partial charge in [0, 0.05) is 45.2 Å². The normalized spacial score (nSPS) is 25.4. The molecule has 0 spiro atoms. The van der Waals surface area contributed by atoms with Crippen molar-refractivity contribution in [2.24, 2.45) is 0 Å². The Morgan fingerprint density at radius 1 is 1.13 bits per heavy atom. The lowest BCUT2D eigenvalue weighted by molar-refractivity contribution is 0.0963. The summed E-state index contributed by atoms with van der Waals surface area (Å²) in [6.07, 6.45) is 4.43. The minimum absolute atomic E-state index is 0.160. The molecule has 23 heavy (non-hydrogen) atoms. The van der Waals surface area contributed by atoms with Gasteiger partial charge in [-0.2, -0.15) is 4.98 Å². The smallest absolute Gasteiger partial charge is 0.320 e. The first-order chi connectivity index (χ1) is 11.1. The quantitative estimate of drug-likeness (QED) is 0.847. The Morgan fingerprint density at radius 3 is 2.48 bits per heavy atom. The predicted octanol–water partition coefficient (Wildman–Crippen LogP) is 1.84. The first-order valence-electron chi connectivity index (χ1n) is 8.73. The highest BCUT2D eigenvalue weighted by Crippen LogP contribution is 2.38. The number of aromatic nitrogens is 2. The van der Waals surface area contributed by atoms with Crippen molar-refractivity contribution >= 4 is 6.03 Å². The Labute approximate surface area is 136 Å². The Hall–Kier alpha value is -1.63. The molecule has 1 atom stereocenters. The topological polar surface area (TPSA) is 65.7 Å². The van der Waals surface area contributed by atoms with E-state index in [0.717, 1.165) is 50.7 Å². The summed E-state index contributed by atoms with van der Waals surface area (Å²) >= 11 is 0. The summed E-state index contributed by atoms with van der Waals surface area (Å²) in [7, 11) is 1.88. The van der Waals surface area contributed by atoms with Crippen LogP contribution in [0.4, 0.5) is 4.79 Å². The van der Waals surface area contributed by atoms with Crippen LogP contribution in [-0.2, 0) is 0 Å². The Kier molecular flexibility index (Phi) is 3.75. The second-order valence-corrected chi connectivity index (χ2v) is 7.11. The van der Waals surface area contributed by atoms with Crippen LogP contribution < -0.4 is 0 Å². The van der Waals surface area contributed by atoms with Crippen LogP contribution in [0.25, 0.3) is 0 Å². The SMILES string of the molecule is C[C@@H](c1nc(C2CC2)no1)N1CCC(N2CCN(C)C2=O)CC1. The molecule has 3 aliphatic rings. The van der Waals surface area contributed by atoms with Gasteiger partial charge >= 0.3 is 6.03 Å². The van der Waals surface area contributed by atoms with E-state index in [2.05, 4.69) is 22.0 Å². The number of rotatable bonds is 4. The van der Waals surface area contributed by atoms with Crippen LogP contribution in [0.5, 0.6) is 0 Å². The monoisotopic (exact) mass is 319 g/mol. The number of hydrogen-bond acceptors (Lipinski definition) is 5. The van der Waals surface area contributed by atoms with E-state index in [9.17, 15) is 4.79 Å². The number of piperidine rings is 1. The number of carbonyl (C=O) groups excluding carboxylic acids is 1. The molecule has 126 valence electrons. The van der Waals surface area contributed by atoms with Crippen LogP contribution in [0.3, 0.4) is 0 Å². The fourth-order valence-corrected chi connectivity index (χ4v) is 3.67. The second-order valence-electron chi connectivity index (χ2n) is 7.11. The Balaban J connectivity index is 1.34. The standard InChI is InChI=1S/C16H25N5O2/c1-11(15-17-14(18-23-15)12-3-4-12)20-7-5-13(6-8-20)21-10-9-19(2)16(21)22/h11-13H,3-10H2,1-2H3/t11-/m0/s1. The van der Waals surface area contributed by atoms with Crippen LogP contribution in [-0.4, -0.2) is 70.1 Å². The highest BCUT2D eigenvalue weighted by Gasteiger charge is 2.36. The van der Waals surface area contributed by atoms with Gasteiger partial charge in [0.25, 0.3) is 0 Å². The van der Waals surface area contributed by atoms with Crippen molar-refractivity contribution in [3.8, 4) is 0 Å². The molecule has 0 N–H and O–H groups in total. The Morgan fingerprint density at radius 2 is 1.87 bits per heavy atom. The van der Waals surface area contributed by atoms with E-state index in [1.54, 1.807) is 0 Å². The molecule has 3 heterocycles. The van der Waals surface area contributed by atoms with Crippen molar-refractivity contribution in [1.82, 2.24) is 24.8 Å². The molecule has 2 amide bonds. The fourth-order valence-electron chi connectivity index (χ4n) is 3.67.